The van der Waals surface area contributed by atoms with Crippen LogP contribution >= 0.6 is 0 Å². The molecule has 0 atom stereocenters. The zero-order valence-electron chi connectivity index (χ0n) is 14.2. The van der Waals surface area contributed by atoms with Gasteiger partial charge in [0.1, 0.15) is 5.69 Å². The van der Waals surface area contributed by atoms with E-state index in [1.165, 1.54) is 6.21 Å². The van der Waals surface area contributed by atoms with Crippen LogP contribution in [0.25, 0.3) is 0 Å². The number of aliphatic hydroxyl groups is 1. The fourth-order valence-electron chi connectivity index (χ4n) is 2.34. The first-order chi connectivity index (χ1) is 12.4. The number of likely N-dealkylation sites (N-methyl/N-ethyl adjacent to an activating group) is 1. The molecule has 2 rings (SSSR count). The number of aliphatic hydroxyl groups excluding tert-OH is 1. The Kier molecular flexibility index (Phi) is 6.51. The van der Waals surface area contributed by atoms with E-state index in [9.17, 15) is 17.6 Å². The van der Waals surface area contributed by atoms with Crippen molar-refractivity contribution in [2.45, 2.75) is 13.8 Å². The maximum Gasteiger partial charge on any atom is 0.254 e. The Hall–Kier alpha value is -2.68. The summed E-state index contributed by atoms with van der Waals surface area (Å²) in [6, 6.07) is 5.41. The Labute approximate surface area is 148 Å². The first-order valence-corrected chi connectivity index (χ1v) is 7.84. The monoisotopic (exact) mass is 370 g/mol. The molecular weight excluding hydrogens is 352 g/mol. The van der Waals surface area contributed by atoms with Gasteiger partial charge >= 0.3 is 0 Å². The van der Waals surface area contributed by atoms with Crippen LogP contribution in [0.5, 0.6) is 0 Å². The maximum atomic E-state index is 13.5. The molecule has 9 heteroatoms. The van der Waals surface area contributed by atoms with Crippen LogP contribution in [-0.2, 0) is 0 Å². The van der Waals surface area contributed by atoms with Gasteiger partial charge in [0.05, 0.1) is 12.8 Å². The SMILES string of the molecule is CCN(CCO)c1ccc(/C=N\Nc2c(F)c(F)nc(F)c2F)c(C)c1. The summed E-state index contributed by atoms with van der Waals surface area (Å²) in [6.45, 7) is 5.00. The minimum atomic E-state index is -1.76. The van der Waals surface area contributed by atoms with Gasteiger partial charge in [0.25, 0.3) is 11.9 Å². The number of rotatable bonds is 7. The number of halogens is 4. The summed E-state index contributed by atoms with van der Waals surface area (Å²) in [4.78, 5) is 4.44. The van der Waals surface area contributed by atoms with Gasteiger partial charge in [-0.3, -0.25) is 5.43 Å². The summed E-state index contributed by atoms with van der Waals surface area (Å²) in [5.41, 5.74) is 3.26. The molecular formula is C17H18F4N4O. The predicted molar refractivity (Wildman–Crippen MR) is 91.4 cm³/mol. The standard InChI is InChI=1S/C17H18F4N4O/c1-3-25(6-7-26)12-5-4-11(10(2)8-12)9-22-24-15-13(18)16(20)23-17(21)14(15)19/h4-5,8-9,26H,3,6-7H2,1-2H3,(H,23,24)/b22-9-. The van der Waals surface area contributed by atoms with Gasteiger partial charge in [-0.25, -0.2) is 0 Å². The highest BCUT2D eigenvalue weighted by molar-refractivity contribution is 5.83. The lowest BCUT2D eigenvalue weighted by molar-refractivity contribution is 0.302. The molecule has 0 aliphatic rings. The molecule has 5 nitrogen and oxygen atoms in total. The Balaban J connectivity index is 2.19. The summed E-state index contributed by atoms with van der Waals surface area (Å²) in [7, 11) is 0. The quantitative estimate of drug-likeness (QED) is 0.340. The Morgan fingerprint density at radius 2 is 1.85 bits per heavy atom. The van der Waals surface area contributed by atoms with Crippen molar-refractivity contribution in [1.29, 1.82) is 0 Å². The van der Waals surface area contributed by atoms with E-state index in [2.05, 4.69) is 10.1 Å². The lowest BCUT2D eigenvalue weighted by Gasteiger charge is -2.22. The van der Waals surface area contributed by atoms with Gasteiger partial charge in [-0.1, -0.05) is 6.07 Å². The molecule has 1 aromatic heterocycles. The number of anilines is 2. The molecule has 0 fully saturated rings. The molecule has 0 saturated heterocycles. The second-order valence-electron chi connectivity index (χ2n) is 5.41. The summed E-state index contributed by atoms with van der Waals surface area (Å²) in [5, 5.41) is 12.7. The van der Waals surface area contributed by atoms with E-state index in [1.807, 2.05) is 30.2 Å². The molecule has 1 heterocycles. The molecule has 2 aromatic rings. The first kappa shape index (κ1) is 19.6. The van der Waals surface area contributed by atoms with Crippen LogP contribution in [-0.4, -0.2) is 36.0 Å². The molecule has 0 unspecified atom stereocenters. The van der Waals surface area contributed by atoms with Gasteiger partial charge in [-0.05, 0) is 37.1 Å². The smallest absolute Gasteiger partial charge is 0.254 e. The maximum absolute atomic E-state index is 13.5. The number of benzene rings is 1. The minimum Gasteiger partial charge on any atom is -0.395 e. The molecule has 26 heavy (non-hydrogen) atoms. The highest BCUT2D eigenvalue weighted by Gasteiger charge is 2.20. The Bertz CT molecular complexity index is 788. The first-order valence-electron chi connectivity index (χ1n) is 7.84. The molecule has 0 saturated carbocycles. The number of nitrogens with zero attached hydrogens (tertiary/aromatic N) is 3. The Morgan fingerprint density at radius 1 is 1.19 bits per heavy atom. The lowest BCUT2D eigenvalue weighted by Crippen LogP contribution is -2.26. The minimum absolute atomic E-state index is 0.0240. The summed E-state index contributed by atoms with van der Waals surface area (Å²) < 4.78 is 53.1. The molecule has 140 valence electrons. The predicted octanol–water partition coefficient (Wildman–Crippen LogP) is 3.21. The van der Waals surface area contributed by atoms with E-state index in [4.69, 9.17) is 5.11 Å². The van der Waals surface area contributed by atoms with Crippen LogP contribution in [0.4, 0.5) is 28.9 Å². The fourth-order valence-corrected chi connectivity index (χ4v) is 2.34. The number of nitrogens with one attached hydrogen (secondary N) is 1. The molecule has 2 N–H and O–H groups in total. The number of hydrazone groups is 1. The van der Waals surface area contributed by atoms with Gasteiger partial charge in [0.15, 0.2) is 0 Å². The van der Waals surface area contributed by atoms with Crippen molar-refractivity contribution in [2.75, 3.05) is 30.0 Å². The third-order valence-electron chi connectivity index (χ3n) is 3.75. The normalized spacial score (nSPS) is 11.2. The van der Waals surface area contributed by atoms with Crippen molar-refractivity contribution in [3.05, 3.63) is 52.9 Å². The number of aryl methyl sites for hydroxylation is 1. The van der Waals surface area contributed by atoms with Crippen LogP contribution in [0, 0.1) is 30.5 Å². The molecule has 1 aromatic carbocycles. The van der Waals surface area contributed by atoms with E-state index in [0.29, 0.717) is 18.7 Å². The van der Waals surface area contributed by atoms with Crippen molar-refractivity contribution in [1.82, 2.24) is 4.98 Å². The number of aromatic nitrogens is 1. The zero-order chi connectivity index (χ0) is 19.3. The summed E-state index contributed by atoms with van der Waals surface area (Å²) >= 11 is 0. The average molecular weight is 370 g/mol. The van der Waals surface area contributed by atoms with Gasteiger partial charge in [-0.2, -0.15) is 27.6 Å². The lowest BCUT2D eigenvalue weighted by atomic mass is 10.1. The summed E-state index contributed by atoms with van der Waals surface area (Å²) in [5.74, 6) is -6.83. The molecule has 0 bridgehead atoms. The molecule has 0 amide bonds. The number of pyridine rings is 1. The third-order valence-corrected chi connectivity index (χ3v) is 3.75. The van der Waals surface area contributed by atoms with Crippen molar-refractivity contribution < 1.29 is 22.7 Å². The van der Waals surface area contributed by atoms with Crippen LogP contribution in [0.1, 0.15) is 18.1 Å². The van der Waals surface area contributed by atoms with Gasteiger partial charge in [0.2, 0.25) is 11.6 Å². The topological polar surface area (TPSA) is 60.8 Å². The summed E-state index contributed by atoms with van der Waals surface area (Å²) in [6.07, 6.45) is 1.27. The molecule has 0 aliphatic heterocycles. The second kappa shape index (κ2) is 8.61. The number of hydrogen-bond donors (Lipinski definition) is 2. The highest BCUT2D eigenvalue weighted by Crippen LogP contribution is 2.22. The van der Waals surface area contributed by atoms with Crippen LogP contribution in [0.2, 0.25) is 0 Å². The van der Waals surface area contributed by atoms with E-state index >= 15 is 0 Å². The highest BCUT2D eigenvalue weighted by atomic mass is 19.2. The van der Waals surface area contributed by atoms with Gasteiger partial charge in [0, 0.05) is 18.8 Å². The van der Waals surface area contributed by atoms with Gasteiger partial charge in [-0.15, -0.1) is 0 Å². The van der Waals surface area contributed by atoms with E-state index < -0.39 is 29.2 Å². The van der Waals surface area contributed by atoms with Gasteiger partial charge < -0.3 is 10.0 Å². The van der Waals surface area contributed by atoms with E-state index in [0.717, 1.165) is 11.3 Å². The molecule has 0 aliphatic carbocycles. The zero-order valence-corrected chi connectivity index (χ0v) is 14.2. The van der Waals surface area contributed by atoms with E-state index in [1.54, 1.807) is 12.1 Å². The third kappa shape index (κ3) is 4.29. The van der Waals surface area contributed by atoms with Crippen LogP contribution in [0.3, 0.4) is 0 Å². The molecule has 0 radical (unpaired) electrons. The van der Waals surface area contributed by atoms with E-state index in [-0.39, 0.29) is 6.61 Å². The van der Waals surface area contributed by atoms with Crippen molar-refractivity contribution in [3.8, 4) is 0 Å². The van der Waals surface area contributed by atoms with Crippen LogP contribution in [0.15, 0.2) is 23.3 Å². The largest absolute Gasteiger partial charge is 0.395 e. The fraction of sp³-hybridized carbons (Fsp3) is 0.294. The average Bonchev–Trinajstić information content (AvgIpc) is 2.62. The van der Waals surface area contributed by atoms with Crippen LogP contribution < -0.4 is 10.3 Å². The Morgan fingerprint density at radius 3 is 2.38 bits per heavy atom. The second-order valence-corrected chi connectivity index (χ2v) is 5.41. The number of hydrogen-bond acceptors (Lipinski definition) is 5. The van der Waals surface area contributed by atoms with Crippen molar-refractivity contribution >= 4 is 17.6 Å². The molecule has 0 spiro atoms. The van der Waals surface area contributed by atoms with Crippen molar-refractivity contribution in [2.24, 2.45) is 5.10 Å². The van der Waals surface area contributed by atoms with Crippen molar-refractivity contribution in [3.63, 3.8) is 0 Å².